The maximum absolute atomic E-state index is 12.1. The zero-order chi connectivity index (χ0) is 18.4. The number of urea groups is 1. The molecule has 1 aromatic carbocycles. The van der Waals surface area contributed by atoms with Gasteiger partial charge >= 0.3 is 6.03 Å². The van der Waals surface area contributed by atoms with Crippen LogP contribution in [0.5, 0.6) is 0 Å². The summed E-state index contributed by atoms with van der Waals surface area (Å²) in [5.74, 6) is 0.557. The van der Waals surface area contributed by atoms with E-state index < -0.39 is 0 Å². The molecule has 0 atom stereocenters. The molecule has 7 heteroatoms. The number of nitrogens with one attached hydrogen (secondary N) is 2. The fourth-order valence-electron chi connectivity index (χ4n) is 2.07. The Balaban J connectivity index is 1.92. The lowest BCUT2D eigenvalue weighted by molar-refractivity contribution is 0.0795. The maximum Gasteiger partial charge on any atom is 0.319 e. The smallest absolute Gasteiger partial charge is 0.319 e. The van der Waals surface area contributed by atoms with Crippen molar-refractivity contribution in [1.82, 2.24) is 10.2 Å². The molecule has 0 radical (unpaired) electrons. The Morgan fingerprint density at radius 2 is 1.88 bits per heavy atom. The van der Waals surface area contributed by atoms with Crippen LogP contribution in [-0.2, 0) is 6.54 Å². The summed E-state index contributed by atoms with van der Waals surface area (Å²) in [7, 11) is 3.31. The summed E-state index contributed by atoms with van der Waals surface area (Å²) in [5.41, 5.74) is 0.765. The van der Waals surface area contributed by atoms with E-state index in [9.17, 15) is 9.59 Å². The molecular formula is C18H23N3O3S. The molecule has 0 aliphatic heterocycles. The number of para-hydroxylation sites is 1. The standard InChI is InChI=1S/C18H23N3O3S/c1-12(2)25-16-8-6-5-7-14(16)20-18(23)19-11-13-9-10-15(24-13)17(22)21(3)4/h5-10,12H,11H2,1-4H3,(H2,19,20,23). The van der Waals surface area contributed by atoms with Crippen LogP contribution in [0.4, 0.5) is 10.5 Å². The van der Waals surface area contributed by atoms with Crippen LogP contribution in [0.3, 0.4) is 0 Å². The zero-order valence-electron chi connectivity index (χ0n) is 14.8. The van der Waals surface area contributed by atoms with Gasteiger partial charge in [0.25, 0.3) is 5.91 Å². The third-order valence-electron chi connectivity index (χ3n) is 3.20. The third-order valence-corrected chi connectivity index (χ3v) is 4.28. The van der Waals surface area contributed by atoms with Crippen molar-refractivity contribution < 1.29 is 14.0 Å². The highest BCUT2D eigenvalue weighted by atomic mass is 32.2. The molecule has 0 aliphatic carbocycles. The first-order valence-electron chi connectivity index (χ1n) is 7.97. The van der Waals surface area contributed by atoms with Crippen LogP contribution in [0.25, 0.3) is 0 Å². The lowest BCUT2D eigenvalue weighted by Crippen LogP contribution is -2.28. The van der Waals surface area contributed by atoms with Gasteiger partial charge in [-0.3, -0.25) is 4.79 Å². The minimum Gasteiger partial charge on any atom is -0.454 e. The molecule has 0 saturated heterocycles. The number of carbonyl (C=O) groups is 2. The van der Waals surface area contributed by atoms with E-state index in [1.54, 1.807) is 38.0 Å². The molecule has 134 valence electrons. The fraction of sp³-hybridized carbons (Fsp3) is 0.333. The summed E-state index contributed by atoms with van der Waals surface area (Å²) in [4.78, 5) is 26.4. The van der Waals surface area contributed by atoms with Gasteiger partial charge < -0.3 is 20.0 Å². The van der Waals surface area contributed by atoms with Crippen molar-refractivity contribution in [2.45, 2.75) is 30.5 Å². The van der Waals surface area contributed by atoms with Gasteiger partial charge in [0.1, 0.15) is 5.76 Å². The van der Waals surface area contributed by atoms with Gasteiger partial charge in [0.15, 0.2) is 5.76 Å². The van der Waals surface area contributed by atoms with Crippen molar-refractivity contribution in [2.24, 2.45) is 0 Å². The van der Waals surface area contributed by atoms with E-state index in [1.807, 2.05) is 24.3 Å². The van der Waals surface area contributed by atoms with Gasteiger partial charge in [-0.25, -0.2) is 4.79 Å². The average Bonchev–Trinajstić information content (AvgIpc) is 3.02. The summed E-state index contributed by atoms with van der Waals surface area (Å²) in [6, 6.07) is 10.6. The monoisotopic (exact) mass is 361 g/mol. The first-order valence-corrected chi connectivity index (χ1v) is 8.85. The van der Waals surface area contributed by atoms with Crippen molar-refractivity contribution >= 4 is 29.4 Å². The molecular weight excluding hydrogens is 338 g/mol. The van der Waals surface area contributed by atoms with Gasteiger partial charge in [-0.1, -0.05) is 26.0 Å². The van der Waals surface area contributed by atoms with Crippen molar-refractivity contribution in [3.8, 4) is 0 Å². The second kappa shape index (κ2) is 8.62. The number of thioether (sulfide) groups is 1. The van der Waals surface area contributed by atoms with E-state index in [0.29, 0.717) is 11.0 Å². The molecule has 6 nitrogen and oxygen atoms in total. The topological polar surface area (TPSA) is 74.6 Å². The molecule has 2 N–H and O–H groups in total. The van der Waals surface area contributed by atoms with Crippen molar-refractivity contribution in [1.29, 1.82) is 0 Å². The molecule has 1 aromatic heterocycles. The molecule has 2 rings (SSSR count). The van der Waals surface area contributed by atoms with E-state index in [-0.39, 0.29) is 24.2 Å². The Hall–Kier alpha value is -2.41. The number of carbonyl (C=O) groups excluding carboxylic acids is 2. The summed E-state index contributed by atoms with van der Waals surface area (Å²) in [6.07, 6.45) is 0. The Kier molecular flexibility index (Phi) is 6.52. The van der Waals surface area contributed by atoms with Crippen LogP contribution in [0.15, 0.2) is 45.7 Å². The number of nitrogens with zero attached hydrogens (tertiary/aromatic N) is 1. The molecule has 25 heavy (non-hydrogen) atoms. The number of amides is 3. The number of anilines is 1. The van der Waals surface area contributed by atoms with Gasteiger partial charge in [-0.05, 0) is 24.3 Å². The van der Waals surface area contributed by atoms with Crippen LogP contribution in [0, 0.1) is 0 Å². The molecule has 0 unspecified atom stereocenters. The molecule has 2 aromatic rings. The minimum atomic E-state index is -0.325. The van der Waals surface area contributed by atoms with Gasteiger partial charge in [-0.2, -0.15) is 0 Å². The number of furan rings is 1. The summed E-state index contributed by atoms with van der Waals surface area (Å²) in [6.45, 7) is 4.40. The minimum absolute atomic E-state index is 0.200. The number of hydrogen-bond acceptors (Lipinski definition) is 4. The van der Waals surface area contributed by atoms with Crippen LogP contribution in [-0.4, -0.2) is 36.2 Å². The highest BCUT2D eigenvalue weighted by Gasteiger charge is 2.14. The van der Waals surface area contributed by atoms with E-state index >= 15 is 0 Å². The van der Waals surface area contributed by atoms with Crippen LogP contribution in [0.2, 0.25) is 0 Å². The van der Waals surface area contributed by atoms with Crippen LogP contribution < -0.4 is 10.6 Å². The number of benzene rings is 1. The summed E-state index contributed by atoms with van der Waals surface area (Å²) in [5, 5.41) is 6.00. The van der Waals surface area contributed by atoms with Gasteiger partial charge in [0, 0.05) is 24.2 Å². The van der Waals surface area contributed by atoms with E-state index in [0.717, 1.165) is 10.6 Å². The molecule has 0 fully saturated rings. The fourth-order valence-corrected chi connectivity index (χ4v) is 2.98. The first kappa shape index (κ1) is 18.9. The predicted molar refractivity (Wildman–Crippen MR) is 100 cm³/mol. The molecule has 3 amide bonds. The summed E-state index contributed by atoms with van der Waals surface area (Å²) < 4.78 is 5.45. The van der Waals surface area contributed by atoms with E-state index in [4.69, 9.17) is 4.42 Å². The lowest BCUT2D eigenvalue weighted by atomic mass is 10.3. The Morgan fingerprint density at radius 1 is 1.16 bits per heavy atom. The lowest BCUT2D eigenvalue weighted by Gasteiger charge is -2.12. The van der Waals surface area contributed by atoms with Crippen LogP contribution >= 0.6 is 11.8 Å². The second-order valence-electron chi connectivity index (χ2n) is 5.94. The Bertz CT molecular complexity index is 741. The summed E-state index contributed by atoms with van der Waals surface area (Å²) >= 11 is 1.69. The largest absolute Gasteiger partial charge is 0.454 e. The third kappa shape index (κ3) is 5.56. The van der Waals surface area contributed by atoms with Crippen LogP contribution in [0.1, 0.15) is 30.2 Å². The van der Waals surface area contributed by atoms with Crippen molar-refractivity contribution in [2.75, 3.05) is 19.4 Å². The Morgan fingerprint density at radius 3 is 2.56 bits per heavy atom. The van der Waals surface area contributed by atoms with Crippen molar-refractivity contribution in [3.63, 3.8) is 0 Å². The van der Waals surface area contributed by atoms with Crippen molar-refractivity contribution in [3.05, 3.63) is 47.9 Å². The number of rotatable bonds is 6. The molecule has 0 bridgehead atoms. The normalized spacial score (nSPS) is 10.6. The predicted octanol–water partition coefficient (Wildman–Crippen LogP) is 3.80. The molecule has 0 spiro atoms. The molecule has 0 aliphatic rings. The quantitative estimate of drug-likeness (QED) is 0.768. The molecule has 0 saturated carbocycles. The second-order valence-corrected chi connectivity index (χ2v) is 7.55. The highest BCUT2D eigenvalue weighted by molar-refractivity contribution is 8.00. The van der Waals surface area contributed by atoms with E-state index in [1.165, 1.54) is 4.90 Å². The average molecular weight is 361 g/mol. The van der Waals surface area contributed by atoms with Gasteiger partial charge in [0.05, 0.1) is 12.2 Å². The molecule has 1 heterocycles. The highest BCUT2D eigenvalue weighted by Crippen LogP contribution is 2.29. The SMILES string of the molecule is CC(C)Sc1ccccc1NC(=O)NCc1ccc(C(=O)N(C)C)o1. The number of hydrogen-bond donors (Lipinski definition) is 2. The Labute approximate surface area is 152 Å². The zero-order valence-corrected chi connectivity index (χ0v) is 15.6. The van der Waals surface area contributed by atoms with Gasteiger partial charge in [0.2, 0.25) is 0 Å². The van der Waals surface area contributed by atoms with Gasteiger partial charge in [-0.15, -0.1) is 11.8 Å². The first-order chi connectivity index (χ1) is 11.9. The van der Waals surface area contributed by atoms with E-state index in [2.05, 4.69) is 24.5 Å². The maximum atomic E-state index is 12.1.